The van der Waals surface area contributed by atoms with Gasteiger partial charge in [-0.05, 0) is 47.9 Å². The number of hydrogen-bond donors (Lipinski definition) is 1. The average Bonchev–Trinajstić information content (AvgIpc) is 2.89. The normalized spacial score (nSPS) is 10.4. The number of nitrogens with zero attached hydrogens (tertiary/aromatic N) is 2. The Bertz CT molecular complexity index is 856. The first kappa shape index (κ1) is 14.5. The van der Waals surface area contributed by atoms with Crippen molar-refractivity contribution < 1.29 is 4.79 Å². The minimum atomic E-state index is -0.428. The third-order valence-electron chi connectivity index (χ3n) is 2.87. The van der Waals surface area contributed by atoms with E-state index in [1.165, 1.54) is 3.96 Å². The molecule has 0 aliphatic heterocycles. The molecule has 1 amide bonds. The van der Waals surface area contributed by atoms with Crippen LogP contribution < -0.4 is 11.0 Å². The zero-order chi connectivity index (χ0) is 15.5. The first-order valence-electron chi connectivity index (χ1n) is 6.36. The molecular weight excluding hydrogens is 322 g/mol. The molecule has 1 aromatic heterocycles. The van der Waals surface area contributed by atoms with Gasteiger partial charge in [0.05, 0.1) is 5.69 Å². The Kier molecular flexibility index (Phi) is 4.04. The fourth-order valence-electron chi connectivity index (χ4n) is 1.83. The maximum atomic E-state index is 12.1. The number of hydrogen-bond acceptors (Lipinski definition) is 4. The predicted octanol–water partition coefficient (Wildman–Crippen LogP) is 3.20. The molecule has 1 heterocycles. The summed E-state index contributed by atoms with van der Waals surface area (Å²) in [6, 6.07) is 15.6. The van der Waals surface area contributed by atoms with Gasteiger partial charge in [-0.1, -0.05) is 29.8 Å². The number of carbonyl (C=O) groups excluding carboxylic acids is 1. The number of halogens is 1. The number of benzene rings is 2. The lowest BCUT2D eigenvalue weighted by atomic mass is 10.2. The molecular formula is C15H10ClN3O2S. The van der Waals surface area contributed by atoms with Crippen molar-refractivity contribution in [3.63, 3.8) is 0 Å². The number of amides is 1. The van der Waals surface area contributed by atoms with Gasteiger partial charge in [-0.25, -0.2) is 8.75 Å². The van der Waals surface area contributed by atoms with Crippen molar-refractivity contribution in [2.45, 2.75) is 0 Å². The van der Waals surface area contributed by atoms with Gasteiger partial charge in [0, 0.05) is 10.6 Å². The zero-order valence-corrected chi connectivity index (χ0v) is 12.8. The Morgan fingerprint density at radius 3 is 2.45 bits per heavy atom. The molecule has 2 aromatic carbocycles. The summed E-state index contributed by atoms with van der Waals surface area (Å²) in [6.45, 7) is 0. The van der Waals surface area contributed by atoms with Crippen molar-refractivity contribution >= 4 is 34.2 Å². The van der Waals surface area contributed by atoms with Crippen LogP contribution in [0.1, 0.15) is 10.4 Å². The molecule has 0 atom stereocenters. The van der Waals surface area contributed by atoms with Crippen LogP contribution in [-0.2, 0) is 0 Å². The predicted molar refractivity (Wildman–Crippen MR) is 87.1 cm³/mol. The Balaban J connectivity index is 1.83. The number of nitrogens with one attached hydrogen (secondary N) is 1. The number of carbonyl (C=O) groups is 1. The smallest absolute Gasteiger partial charge is 0.297 e. The summed E-state index contributed by atoms with van der Waals surface area (Å²) in [5.74, 6) is -0.342. The summed E-state index contributed by atoms with van der Waals surface area (Å²) in [4.78, 5) is 27.8. The van der Waals surface area contributed by atoms with E-state index < -0.39 is 5.69 Å². The van der Waals surface area contributed by atoms with E-state index in [2.05, 4.69) is 10.3 Å². The van der Waals surface area contributed by atoms with Gasteiger partial charge in [0.1, 0.15) is 0 Å². The van der Waals surface area contributed by atoms with Crippen LogP contribution in [-0.4, -0.2) is 14.8 Å². The Morgan fingerprint density at radius 1 is 1.09 bits per heavy atom. The van der Waals surface area contributed by atoms with E-state index >= 15 is 0 Å². The van der Waals surface area contributed by atoms with Crippen LogP contribution in [0.3, 0.4) is 0 Å². The molecule has 0 unspecified atom stereocenters. The molecule has 3 aromatic rings. The van der Waals surface area contributed by atoms with Crippen LogP contribution in [0.5, 0.6) is 0 Å². The highest BCUT2D eigenvalue weighted by atomic mass is 35.5. The average molecular weight is 332 g/mol. The molecule has 7 heteroatoms. The summed E-state index contributed by atoms with van der Waals surface area (Å²) in [6.07, 6.45) is 0. The quantitative estimate of drug-likeness (QED) is 0.801. The summed E-state index contributed by atoms with van der Waals surface area (Å²) in [5.41, 5.74) is 0.720. The van der Waals surface area contributed by atoms with Crippen molar-refractivity contribution in [3.05, 3.63) is 75.7 Å². The minimum absolute atomic E-state index is 0.244. The Labute approximate surface area is 135 Å². The van der Waals surface area contributed by atoms with Gasteiger partial charge < -0.3 is 0 Å². The minimum Gasteiger partial charge on any atom is -0.297 e. The molecule has 0 aliphatic rings. The second kappa shape index (κ2) is 6.13. The maximum Gasteiger partial charge on any atom is 0.364 e. The highest BCUT2D eigenvalue weighted by Gasteiger charge is 2.12. The van der Waals surface area contributed by atoms with Crippen molar-refractivity contribution in [3.8, 4) is 5.69 Å². The first-order valence-corrected chi connectivity index (χ1v) is 7.51. The molecule has 0 saturated heterocycles. The zero-order valence-electron chi connectivity index (χ0n) is 11.2. The largest absolute Gasteiger partial charge is 0.364 e. The van der Waals surface area contributed by atoms with Crippen LogP contribution in [0.25, 0.3) is 5.69 Å². The van der Waals surface area contributed by atoms with Crippen molar-refractivity contribution in [2.24, 2.45) is 0 Å². The van der Waals surface area contributed by atoms with Crippen LogP contribution >= 0.6 is 23.1 Å². The van der Waals surface area contributed by atoms with Gasteiger partial charge in [0.25, 0.3) is 5.91 Å². The Hall–Kier alpha value is -2.44. The fraction of sp³-hybridized carbons (Fsp3) is 0. The summed E-state index contributed by atoms with van der Waals surface area (Å²) < 4.78 is 1.41. The molecule has 0 spiro atoms. The third kappa shape index (κ3) is 3.08. The molecule has 110 valence electrons. The molecule has 0 bridgehead atoms. The van der Waals surface area contributed by atoms with E-state index in [9.17, 15) is 9.59 Å². The lowest BCUT2D eigenvalue weighted by molar-refractivity contribution is 0.102. The highest BCUT2D eigenvalue weighted by Crippen LogP contribution is 2.16. The van der Waals surface area contributed by atoms with Gasteiger partial charge in [0.2, 0.25) is 5.13 Å². The molecule has 0 saturated carbocycles. The van der Waals surface area contributed by atoms with Gasteiger partial charge >= 0.3 is 5.69 Å². The van der Waals surface area contributed by atoms with E-state index in [1.54, 1.807) is 36.4 Å². The van der Waals surface area contributed by atoms with Crippen LogP contribution in [0.2, 0.25) is 5.02 Å². The summed E-state index contributed by atoms with van der Waals surface area (Å²) in [5, 5.41) is 3.41. The SMILES string of the molecule is O=C(Nc1nc(=O)n(-c2ccccc2)s1)c1ccc(Cl)cc1. The van der Waals surface area contributed by atoms with E-state index in [1.807, 2.05) is 18.2 Å². The third-order valence-corrected chi connectivity index (χ3v) is 4.03. The topological polar surface area (TPSA) is 64.0 Å². The standard InChI is InChI=1S/C15H10ClN3O2S/c16-11-8-6-10(7-9-11)13(20)17-14-18-15(21)19(22-14)12-4-2-1-3-5-12/h1-9H,(H,17,18,20,21). The van der Waals surface area contributed by atoms with Gasteiger partial charge in [-0.3, -0.25) is 10.1 Å². The second-order valence-electron chi connectivity index (χ2n) is 4.38. The van der Waals surface area contributed by atoms with E-state index in [0.717, 1.165) is 11.5 Å². The van der Waals surface area contributed by atoms with Crippen molar-refractivity contribution in [1.82, 2.24) is 8.94 Å². The summed E-state index contributed by atoms with van der Waals surface area (Å²) >= 11 is 6.86. The molecule has 0 radical (unpaired) electrons. The Morgan fingerprint density at radius 2 is 1.77 bits per heavy atom. The highest BCUT2D eigenvalue weighted by molar-refractivity contribution is 7.10. The van der Waals surface area contributed by atoms with E-state index in [0.29, 0.717) is 16.3 Å². The molecule has 1 N–H and O–H groups in total. The molecule has 5 nitrogen and oxygen atoms in total. The molecule has 3 rings (SSSR count). The van der Waals surface area contributed by atoms with Crippen LogP contribution in [0.15, 0.2) is 59.4 Å². The van der Waals surface area contributed by atoms with Gasteiger partial charge in [-0.15, -0.1) is 0 Å². The lowest BCUT2D eigenvalue weighted by Crippen LogP contribution is -2.14. The van der Waals surface area contributed by atoms with Gasteiger partial charge in [-0.2, -0.15) is 4.98 Å². The van der Waals surface area contributed by atoms with Crippen molar-refractivity contribution in [1.29, 1.82) is 0 Å². The maximum absolute atomic E-state index is 12.1. The van der Waals surface area contributed by atoms with Crippen molar-refractivity contribution in [2.75, 3.05) is 5.32 Å². The summed E-state index contributed by atoms with van der Waals surface area (Å²) in [7, 11) is 0. The van der Waals surface area contributed by atoms with Gasteiger partial charge in [0.15, 0.2) is 0 Å². The number of para-hydroxylation sites is 1. The number of rotatable bonds is 3. The monoisotopic (exact) mass is 331 g/mol. The lowest BCUT2D eigenvalue weighted by Gasteiger charge is -2.01. The number of anilines is 1. The first-order chi connectivity index (χ1) is 10.6. The number of aromatic nitrogens is 2. The molecule has 22 heavy (non-hydrogen) atoms. The van der Waals surface area contributed by atoms with Crippen LogP contribution in [0, 0.1) is 0 Å². The van der Waals surface area contributed by atoms with Crippen LogP contribution in [0.4, 0.5) is 5.13 Å². The fourth-order valence-corrected chi connectivity index (χ4v) is 2.73. The molecule has 0 fully saturated rings. The second-order valence-corrected chi connectivity index (χ2v) is 5.75. The van der Waals surface area contributed by atoms with E-state index in [-0.39, 0.29) is 11.0 Å². The van der Waals surface area contributed by atoms with E-state index in [4.69, 9.17) is 11.6 Å². The molecule has 0 aliphatic carbocycles.